The summed E-state index contributed by atoms with van der Waals surface area (Å²) in [5.41, 5.74) is 1.92. The van der Waals surface area contributed by atoms with E-state index in [1.165, 1.54) is 12.8 Å². The highest BCUT2D eigenvalue weighted by Crippen LogP contribution is 2.31. The van der Waals surface area contributed by atoms with Crippen molar-refractivity contribution in [1.29, 1.82) is 0 Å². The Kier molecular flexibility index (Phi) is 10.2. The normalized spacial score (nSPS) is 20.1. The van der Waals surface area contributed by atoms with Crippen molar-refractivity contribution in [3.63, 3.8) is 0 Å². The topological polar surface area (TPSA) is 105 Å². The predicted molar refractivity (Wildman–Crippen MR) is 159 cm³/mol. The zero-order valence-electron chi connectivity index (χ0n) is 24.4. The number of nitrogens with one attached hydrogen (secondary N) is 2. The van der Waals surface area contributed by atoms with Gasteiger partial charge in [0.15, 0.2) is 5.82 Å². The van der Waals surface area contributed by atoms with Crippen molar-refractivity contribution in [2.75, 3.05) is 72.3 Å². The maximum absolute atomic E-state index is 12.8. The Morgan fingerprint density at radius 3 is 2.52 bits per heavy atom. The Morgan fingerprint density at radius 2 is 1.85 bits per heavy atom. The summed E-state index contributed by atoms with van der Waals surface area (Å²) in [6.45, 7) is 11.8. The molecule has 2 fully saturated rings. The molecule has 0 spiro atoms. The van der Waals surface area contributed by atoms with Crippen LogP contribution in [0.15, 0.2) is 39.7 Å². The van der Waals surface area contributed by atoms with E-state index in [0.29, 0.717) is 48.5 Å². The van der Waals surface area contributed by atoms with Gasteiger partial charge in [-0.2, -0.15) is 4.99 Å². The van der Waals surface area contributed by atoms with E-state index in [1.807, 2.05) is 6.92 Å². The summed E-state index contributed by atoms with van der Waals surface area (Å²) in [5.74, 6) is 1.45. The summed E-state index contributed by atoms with van der Waals surface area (Å²) in [6, 6.07) is 5.60. The highest BCUT2D eigenvalue weighted by molar-refractivity contribution is 6.00. The number of benzene rings is 1. The number of guanidine groups is 1. The standard InChI is InChI=1S/C29H44N8O3/c1-21-27(37(23-8-6-7-9-23)14-12-26(38)35(21)4)33-29(30-2)32-24-11-10-22(20-25(24)40-5)28(39)31-13-15-36-18-16-34(3)17-19-36/h10-11,20,23H,2,6-9,12-19H2,1,3-5H3,(H,31,39)(H,32,33). The monoisotopic (exact) mass is 552 g/mol. The van der Waals surface area contributed by atoms with Gasteiger partial charge >= 0.3 is 0 Å². The predicted octanol–water partition coefficient (Wildman–Crippen LogP) is 2.44. The minimum atomic E-state index is -0.145. The molecule has 40 heavy (non-hydrogen) atoms. The highest BCUT2D eigenvalue weighted by Gasteiger charge is 2.31. The highest BCUT2D eigenvalue weighted by atomic mass is 16.5. The van der Waals surface area contributed by atoms with Crippen molar-refractivity contribution >= 4 is 30.2 Å². The lowest BCUT2D eigenvalue weighted by Crippen LogP contribution is -2.46. The van der Waals surface area contributed by atoms with Gasteiger partial charge in [-0.25, -0.2) is 4.99 Å². The van der Waals surface area contributed by atoms with Gasteiger partial charge in [0.1, 0.15) is 5.75 Å². The summed E-state index contributed by atoms with van der Waals surface area (Å²) in [6.07, 6.45) is 4.97. The second-order valence-corrected chi connectivity index (χ2v) is 10.8. The Bertz CT molecular complexity index is 1140. The van der Waals surface area contributed by atoms with E-state index in [1.54, 1.807) is 37.3 Å². The molecule has 0 bridgehead atoms. The van der Waals surface area contributed by atoms with E-state index in [0.717, 1.165) is 57.1 Å². The number of carbonyl (C=O) groups is 2. The quantitative estimate of drug-likeness (QED) is 0.377. The molecule has 3 aliphatic rings. The van der Waals surface area contributed by atoms with E-state index in [9.17, 15) is 9.59 Å². The van der Waals surface area contributed by atoms with Crippen LogP contribution >= 0.6 is 0 Å². The number of hydrogen-bond donors (Lipinski definition) is 2. The number of rotatable bonds is 8. The fourth-order valence-corrected chi connectivity index (χ4v) is 5.51. The van der Waals surface area contributed by atoms with Crippen LogP contribution in [0.25, 0.3) is 0 Å². The third kappa shape index (κ3) is 7.19. The summed E-state index contributed by atoms with van der Waals surface area (Å²) in [7, 11) is 5.48. The summed E-state index contributed by atoms with van der Waals surface area (Å²) >= 11 is 0. The molecule has 4 rings (SSSR count). The van der Waals surface area contributed by atoms with Gasteiger partial charge in [-0.3, -0.25) is 14.5 Å². The number of likely N-dealkylation sites (N-methyl/N-ethyl adjacent to an activating group) is 1. The van der Waals surface area contributed by atoms with E-state index >= 15 is 0 Å². The number of amides is 2. The van der Waals surface area contributed by atoms with Crippen molar-refractivity contribution in [2.45, 2.75) is 45.1 Å². The van der Waals surface area contributed by atoms with Gasteiger partial charge in [-0.15, -0.1) is 0 Å². The summed E-state index contributed by atoms with van der Waals surface area (Å²) in [4.78, 5) is 43.1. The summed E-state index contributed by atoms with van der Waals surface area (Å²) in [5, 5.41) is 6.24. The van der Waals surface area contributed by atoms with Crippen LogP contribution in [0.5, 0.6) is 5.75 Å². The number of ether oxygens (including phenoxy) is 1. The fourth-order valence-electron chi connectivity index (χ4n) is 5.51. The number of nitrogens with zero attached hydrogens (tertiary/aromatic N) is 6. The zero-order chi connectivity index (χ0) is 28.6. The van der Waals surface area contributed by atoms with Gasteiger partial charge in [0.2, 0.25) is 11.9 Å². The smallest absolute Gasteiger partial charge is 0.251 e. The minimum Gasteiger partial charge on any atom is -0.495 e. The molecule has 11 nitrogen and oxygen atoms in total. The maximum Gasteiger partial charge on any atom is 0.251 e. The first-order chi connectivity index (χ1) is 19.3. The molecule has 1 saturated carbocycles. The van der Waals surface area contributed by atoms with Crippen molar-refractivity contribution in [2.24, 2.45) is 9.98 Å². The van der Waals surface area contributed by atoms with Crippen LogP contribution in [0.4, 0.5) is 5.69 Å². The molecule has 0 aromatic heterocycles. The average Bonchev–Trinajstić information content (AvgIpc) is 3.48. The molecule has 1 aromatic carbocycles. The van der Waals surface area contributed by atoms with Gasteiger partial charge in [-0.05, 0) is 51.7 Å². The van der Waals surface area contributed by atoms with Crippen LogP contribution in [-0.2, 0) is 4.79 Å². The Hall–Kier alpha value is -3.44. The van der Waals surface area contributed by atoms with Crippen LogP contribution in [-0.4, -0.2) is 117 Å². The van der Waals surface area contributed by atoms with Gasteiger partial charge in [0.25, 0.3) is 5.91 Å². The number of anilines is 1. The SMILES string of the molecule is C=N/C(=N\C1=C(C)N(C)C(=O)CCN1C1CCCC1)Nc1ccc(C(=O)NCCN2CCN(C)CC2)cc1OC. The van der Waals surface area contributed by atoms with Crippen LogP contribution in [0, 0.1) is 0 Å². The Balaban J connectivity index is 1.47. The van der Waals surface area contributed by atoms with Crippen molar-refractivity contribution < 1.29 is 14.3 Å². The molecule has 218 valence electrons. The molecule has 0 unspecified atom stereocenters. The van der Waals surface area contributed by atoms with E-state index < -0.39 is 0 Å². The van der Waals surface area contributed by atoms with Crippen LogP contribution in [0.3, 0.4) is 0 Å². The Labute approximate surface area is 237 Å². The van der Waals surface area contributed by atoms with Gasteiger partial charge in [0.05, 0.1) is 18.5 Å². The average molecular weight is 553 g/mol. The van der Waals surface area contributed by atoms with Crippen molar-refractivity contribution in [1.82, 2.24) is 24.9 Å². The molecule has 1 aromatic rings. The molecule has 0 atom stereocenters. The molecule has 2 N–H and O–H groups in total. The molecule has 0 radical (unpaired) electrons. The first-order valence-corrected chi connectivity index (χ1v) is 14.2. The molecule has 2 amide bonds. The van der Waals surface area contributed by atoms with E-state index in [-0.39, 0.29) is 11.8 Å². The molecular weight excluding hydrogens is 508 g/mol. The van der Waals surface area contributed by atoms with Gasteiger partial charge in [0, 0.05) is 70.9 Å². The second-order valence-electron chi connectivity index (χ2n) is 10.8. The summed E-state index contributed by atoms with van der Waals surface area (Å²) < 4.78 is 5.61. The largest absolute Gasteiger partial charge is 0.495 e. The maximum atomic E-state index is 12.8. The Morgan fingerprint density at radius 1 is 1.12 bits per heavy atom. The lowest BCUT2D eigenvalue weighted by molar-refractivity contribution is -0.127. The van der Waals surface area contributed by atoms with Crippen LogP contribution < -0.4 is 15.4 Å². The third-order valence-corrected chi connectivity index (χ3v) is 8.19. The molecule has 11 heteroatoms. The molecule has 2 heterocycles. The van der Waals surface area contributed by atoms with Crippen LogP contribution in [0.2, 0.25) is 0 Å². The third-order valence-electron chi connectivity index (χ3n) is 8.19. The van der Waals surface area contributed by atoms with Crippen molar-refractivity contribution in [3.8, 4) is 5.75 Å². The number of aliphatic imine (C=N–C) groups is 2. The molecular formula is C29H44N8O3. The van der Waals surface area contributed by atoms with Gasteiger partial charge < -0.3 is 30.1 Å². The van der Waals surface area contributed by atoms with Crippen LogP contribution in [0.1, 0.15) is 49.4 Å². The number of carbonyl (C=O) groups excluding carboxylic acids is 2. The number of methoxy groups -OCH3 is 1. The molecule has 2 aliphatic heterocycles. The number of allylic oxidation sites excluding steroid dienone is 1. The zero-order valence-corrected chi connectivity index (χ0v) is 24.4. The first kappa shape index (κ1) is 29.5. The molecule has 1 aliphatic carbocycles. The lowest BCUT2D eigenvalue weighted by atomic mass is 10.1. The lowest BCUT2D eigenvalue weighted by Gasteiger charge is -2.32. The number of hydrogen-bond acceptors (Lipinski definition) is 7. The second kappa shape index (κ2) is 13.8. The fraction of sp³-hybridized carbons (Fsp3) is 0.586. The van der Waals surface area contributed by atoms with Crippen molar-refractivity contribution in [3.05, 3.63) is 35.3 Å². The number of piperazine rings is 1. The molecule has 1 saturated heterocycles. The van der Waals surface area contributed by atoms with E-state index in [2.05, 4.69) is 44.1 Å². The van der Waals surface area contributed by atoms with E-state index in [4.69, 9.17) is 9.73 Å². The first-order valence-electron chi connectivity index (χ1n) is 14.2. The minimum absolute atomic E-state index is 0.0748. The van der Waals surface area contributed by atoms with Gasteiger partial charge in [-0.1, -0.05) is 12.8 Å².